The quantitative estimate of drug-likeness (QED) is 0.851. The van der Waals surface area contributed by atoms with Gasteiger partial charge >= 0.3 is 5.97 Å². The molecule has 6 nitrogen and oxygen atoms in total. The van der Waals surface area contributed by atoms with Crippen molar-refractivity contribution < 1.29 is 28.5 Å². The minimum atomic E-state index is -0.991. The van der Waals surface area contributed by atoms with E-state index >= 15 is 0 Å². The number of rotatable bonds is 5. The van der Waals surface area contributed by atoms with Gasteiger partial charge in [-0.15, -0.1) is 0 Å². The molecule has 0 amide bonds. The number of carbonyl (C=O) groups is 1. The summed E-state index contributed by atoms with van der Waals surface area (Å²) < 4.78 is 30.1. The maximum absolute atomic E-state index is 14.3. The zero-order chi connectivity index (χ0) is 14.7. The highest BCUT2D eigenvalue weighted by Crippen LogP contribution is 2.43. The van der Waals surface area contributed by atoms with Crippen LogP contribution in [0.1, 0.15) is 24.4 Å². The van der Waals surface area contributed by atoms with Crippen molar-refractivity contribution in [3.05, 3.63) is 17.4 Å². The van der Waals surface area contributed by atoms with Crippen molar-refractivity contribution in [2.45, 2.75) is 18.9 Å². The number of ether oxygens (including phenoxy) is 3. The van der Waals surface area contributed by atoms with Crippen molar-refractivity contribution >= 4 is 5.97 Å². The molecule has 1 aromatic carbocycles. The molecule has 0 fully saturated rings. The van der Waals surface area contributed by atoms with Gasteiger partial charge in [0.15, 0.2) is 23.1 Å². The maximum Gasteiger partial charge on any atom is 0.303 e. The van der Waals surface area contributed by atoms with Crippen molar-refractivity contribution in [2.75, 3.05) is 20.3 Å². The lowest BCUT2D eigenvalue weighted by Gasteiger charge is -2.25. The van der Waals surface area contributed by atoms with Crippen LogP contribution in [0.4, 0.5) is 4.39 Å². The number of halogens is 1. The molecule has 1 atom stereocenters. The van der Waals surface area contributed by atoms with Gasteiger partial charge in [0.1, 0.15) is 13.2 Å². The molecule has 2 rings (SSSR count). The summed E-state index contributed by atoms with van der Waals surface area (Å²) in [7, 11) is 1.33. The highest BCUT2D eigenvalue weighted by molar-refractivity contribution is 5.66. The van der Waals surface area contributed by atoms with Crippen LogP contribution in [0, 0.1) is 5.82 Å². The molecule has 3 N–H and O–H groups in total. The summed E-state index contributed by atoms with van der Waals surface area (Å²) in [5.41, 5.74) is 5.99. The summed E-state index contributed by atoms with van der Waals surface area (Å²) in [5, 5.41) is 8.69. The second-order valence-corrected chi connectivity index (χ2v) is 4.37. The first kappa shape index (κ1) is 14.4. The Labute approximate surface area is 115 Å². The number of methoxy groups -OCH3 is 1. The second-order valence-electron chi connectivity index (χ2n) is 4.37. The number of hydrogen-bond donors (Lipinski definition) is 2. The van der Waals surface area contributed by atoms with E-state index in [0.29, 0.717) is 12.4 Å². The van der Waals surface area contributed by atoms with Crippen LogP contribution in [0.2, 0.25) is 0 Å². The molecule has 1 unspecified atom stereocenters. The van der Waals surface area contributed by atoms with E-state index in [2.05, 4.69) is 0 Å². The summed E-state index contributed by atoms with van der Waals surface area (Å²) in [4.78, 5) is 10.6. The molecule has 0 saturated carbocycles. The second kappa shape index (κ2) is 5.96. The predicted molar refractivity (Wildman–Crippen MR) is 67.7 cm³/mol. The molecule has 20 heavy (non-hydrogen) atoms. The third-order valence-corrected chi connectivity index (χ3v) is 3.03. The maximum atomic E-state index is 14.3. The van der Waals surface area contributed by atoms with Crippen molar-refractivity contribution in [1.29, 1.82) is 0 Å². The molecule has 1 aliphatic rings. The Morgan fingerprint density at radius 1 is 1.55 bits per heavy atom. The Hall–Kier alpha value is -2.02. The molecule has 0 bridgehead atoms. The molecule has 0 spiro atoms. The SMILES string of the molecule is COc1cc2c(c(C(N)CCC(=O)O)c1F)OCCO2. The first-order valence-electron chi connectivity index (χ1n) is 6.18. The normalized spacial score (nSPS) is 14.8. The predicted octanol–water partition coefficient (Wildman–Crippen LogP) is 1.47. The Kier molecular flexibility index (Phi) is 4.29. The van der Waals surface area contributed by atoms with E-state index in [0.717, 1.165) is 0 Å². The van der Waals surface area contributed by atoms with Crippen LogP contribution in [0.3, 0.4) is 0 Å². The molecule has 1 aliphatic heterocycles. The molecule has 1 heterocycles. The molecule has 110 valence electrons. The largest absolute Gasteiger partial charge is 0.494 e. The van der Waals surface area contributed by atoms with Crippen molar-refractivity contribution in [1.82, 2.24) is 0 Å². The van der Waals surface area contributed by atoms with Gasteiger partial charge in [-0.05, 0) is 6.42 Å². The number of carboxylic acids is 1. The molecule has 0 radical (unpaired) electrons. The third-order valence-electron chi connectivity index (χ3n) is 3.03. The smallest absolute Gasteiger partial charge is 0.303 e. The Bertz CT molecular complexity index is 520. The Morgan fingerprint density at radius 3 is 2.90 bits per heavy atom. The topological polar surface area (TPSA) is 91.0 Å². The number of nitrogens with two attached hydrogens (primary N) is 1. The summed E-state index contributed by atoms with van der Waals surface area (Å²) in [6.07, 6.45) is -0.0668. The fourth-order valence-corrected chi connectivity index (χ4v) is 2.07. The fourth-order valence-electron chi connectivity index (χ4n) is 2.07. The molecular formula is C13H16FNO5. The average Bonchev–Trinajstić information content (AvgIpc) is 2.44. The number of carboxylic acid groups (broad SMARTS) is 1. The number of fused-ring (bicyclic) bond motifs is 1. The Morgan fingerprint density at radius 2 is 2.25 bits per heavy atom. The van der Waals surface area contributed by atoms with E-state index in [1.807, 2.05) is 0 Å². The summed E-state index contributed by atoms with van der Waals surface area (Å²) >= 11 is 0. The van der Waals surface area contributed by atoms with Gasteiger partial charge in [-0.1, -0.05) is 0 Å². The van der Waals surface area contributed by atoms with E-state index in [1.165, 1.54) is 13.2 Å². The summed E-state index contributed by atoms with van der Waals surface area (Å²) in [6, 6.07) is 0.591. The van der Waals surface area contributed by atoms with E-state index in [1.54, 1.807) is 0 Å². The Balaban J connectivity index is 2.40. The lowest BCUT2D eigenvalue weighted by molar-refractivity contribution is -0.137. The van der Waals surface area contributed by atoms with E-state index in [4.69, 9.17) is 25.1 Å². The highest BCUT2D eigenvalue weighted by Gasteiger charge is 2.27. The summed E-state index contributed by atoms with van der Waals surface area (Å²) in [5.74, 6) is -1.05. The summed E-state index contributed by atoms with van der Waals surface area (Å²) in [6.45, 7) is 0.642. The van der Waals surface area contributed by atoms with Crippen LogP contribution in [0.25, 0.3) is 0 Å². The van der Waals surface area contributed by atoms with Crippen LogP contribution >= 0.6 is 0 Å². The van der Waals surface area contributed by atoms with Crippen molar-refractivity contribution in [3.63, 3.8) is 0 Å². The molecule has 0 aromatic heterocycles. The zero-order valence-corrected chi connectivity index (χ0v) is 11.0. The minimum Gasteiger partial charge on any atom is -0.494 e. The average molecular weight is 285 g/mol. The van der Waals surface area contributed by atoms with Gasteiger partial charge in [-0.3, -0.25) is 4.79 Å². The van der Waals surface area contributed by atoms with Gasteiger partial charge < -0.3 is 25.1 Å². The third kappa shape index (κ3) is 2.77. The van der Waals surface area contributed by atoms with Gasteiger partial charge in [0.05, 0.1) is 12.7 Å². The first-order chi connectivity index (χ1) is 9.54. The van der Waals surface area contributed by atoms with Gasteiger partial charge in [0, 0.05) is 18.5 Å². The number of hydrogen-bond acceptors (Lipinski definition) is 5. The monoisotopic (exact) mass is 285 g/mol. The zero-order valence-electron chi connectivity index (χ0n) is 11.0. The van der Waals surface area contributed by atoms with Gasteiger partial charge in [0.2, 0.25) is 0 Å². The number of benzene rings is 1. The molecule has 0 saturated heterocycles. The first-order valence-corrected chi connectivity index (χ1v) is 6.18. The standard InChI is InChI=1S/C13H16FNO5/c1-18-8-6-9-13(20-5-4-19-9)11(12(8)14)7(15)2-3-10(16)17/h6-7H,2-5,15H2,1H3,(H,16,17). The van der Waals surface area contributed by atoms with Crippen LogP contribution in [-0.2, 0) is 4.79 Å². The van der Waals surface area contributed by atoms with Crippen LogP contribution in [0.5, 0.6) is 17.2 Å². The minimum absolute atomic E-state index is 0.00461. The van der Waals surface area contributed by atoms with Crippen LogP contribution < -0.4 is 19.9 Å². The molecule has 0 aliphatic carbocycles. The van der Waals surface area contributed by atoms with Gasteiger partial charge in [-0.2, -0.15) is 0 Å². The van der Waals surface area contributed by atoms with E-state index in [-0.39, 0.29) is 36.5 Å². The van der Waals surface area contributed by atoms with Crippen LogP contribution in [0.15, 0.2) is 6.07 Å². The number of aliphatic carboxylic acids is 1. The lowest BCUT2D eigenvalue weighted by Crippen LogP contribution is -2.21. The highest BCUT2D eigenvalue weighted by atomic mass is 19.1. The lowest BCUT2D eigenvalue weighted by atomic mass is 9.99. The molecule has 7 heteroatoms. The molecule has 1 aromatic rings. The van der Waals surface area contributed by atoms with E-state index in [9.17, 15) is 9.18 Å². The van der Waals surface area contributed by atoms with Crippen molar-refractivity contribution in [2.24, 2.45) is 5.73 Å². The van der Waals surface area contributed by atoms with E-state index < -0.39 is 17.8 Å². The van der Waals surface area contributed by atoms with Gasteiger partial charge in [0.25, 0.3) is 0 Å². The van der Waals surface area contributed by atoms with Gasteiger partial charge in [-0.25, -0.2) is 4.39 Å². The molecular weight excluding hydrogens is 269 g/mol. The van der Waals surface area contributed by atoms with Crippen molar-refractivity contribution in [3.8, 4) is 17.2 Å². The fraction of sp³-hybridized carbons (Fsp3) is 0.462. The van der Waals surface area contributed by atoms with Crippen LogP contribution in [-0.4, -0.2) is 31.4 Å².